The van der Waals surface area contributed by atoms with E-state index in [1.54, 1.807) is 12.4 Å². The number of hydrogen-bond donors (Lipinski definition) is 1. The molecule has 0 spiro atoms. The molecule has 1 fully saturated rings. The van der Waals surface area contributed by atoms with Crippen molar-refractivity contribution in [2.75, 3.05) is 11.4 Å². The zero-order valence-corrected chi connectivity index (χ0v) is 9.64. The maximum Gasteiger partial charge on any atom is 0.326 e. The molecule has 4 nitrogen and oxygen atoms in total. The first kappa shape index (κ1) is 10.4. The molecule has 2 rings (SSSR count). The Morgan fingerprint density at radius 2 is 2.40 bits per heavy atom. The number of carboxylic acid groups (broad SMARTS) is 1. The van der Waals surface area contributed by atoms with Gasteiger partial charge in [0.1, 0.15) is 6.04 Å². The van der Waals surface area contributed by atoms with Crippen LogP contribution in [0.3, 0.4) is 0 Å². The Kier molecular flexibility index (Phi) is 2.90. The smallest absolute Gasteiger partial charge is 0.326 e. The second kappa shape index (κ2) is 4.18. The predicted molar refractivity (Wildman–Crippen MR) is 59.9 cm³/mol. The van der Waals surface area contributed by atoms with Crippen LogP contribution in [0.5, 0.6) is 0 Å². The van der Waals surface area contributed by atoms with Gasteiger partial charge >= 0.3 is 5.97 Å². The first-order chi connectivity index (χ1) is 7.18. The summed E-state index contributed by atoms with van der Waals surface area (Å²) in [5.41, 5.74) is 0.870. The van der Waals surface area contributed by atoms with Gasteiger partial charge in [0.05, 0.1) is 11.9 Å². The second-order valence-electron chi connectivity index (χ2n) is 3.55. The van der Waals surface area contributed by atoms with E-state index in [4.69, 9.17) is 5.11 Å². The Labute approximate surface area is 96.1 Å². The summed E-state index contributed by atoms with van der Waals surface area (Å²) >= 11 is 3.33. The molecule has 0 aromatic carbocycles. The second-order valence-corrected chi connectivity index (χ2v) is 4.47. The lowest BCUT2D eigenvalue weighted by Gasteiger charge is -2.23. The third kappa shape index (κ3) is 2.12. The summed E-state index contributed by atoms with van der Waals surface area (Å²) in [5.74, 6) is -0.757. The van der Waals surface area contributed by atoms with E-state index in [2.05, 4.69) is 20.9 Å². The minimum absolute atomic E-state index is 0.402. The highest BCUT2D eigenvalue weighted by Crippen LogP contribution is 2.26. The number of pyridine rings is 1. The van der Waals surface area contributed by atoms with Gasteiger partial charge in [-0.2, -0.15) is 0 Å². The molecular formula is C10H11BrN2O2. The van der Waals surface area contributed by atoms with E-state index in [9.17, 15) is 4.79 Å². The number of aliphatic carboxylic acids is 1. The zero-order chi connectivity index (χ0) is 10.8. The van der Waals surface area contributed by atoms with Gasteiger partial charge in [0.2, 0.25) is 0 Å². The maximum absolute atomic E-state index is 11.0. The molecule has 5 heteroatoms. The monoisotopic (exact) mass is 270 g/mol. The highest BCUT2D eigenvalue weighted by Gasteiger charge is 2.30. The normalized spacial score (nSPS) is 20.6. The van der Waals surface area contributed by atoms with E-state index in [1.165, 1.54) is 0 Å². The van der Waals surface area contributed by atoms with Crippen LogP contribution in [0.25, 0.3) is 0 Å². The average Bonchev–Trinajstić information content (AvgIpc) is 2.65. The van der Waals surface area contributed by atoms with Crippen molar-refractivity contribution in [1.29, 1.82) is 0 Å². The number of aromatic nitrogens is 1. The van der Waals surface area contributed by atoms with Crippen LogP contribution in [-0.4, -0.2) is 28.6 Å². The summed E-state index contributed by atoms with van der Waals surface area (Å²) < 4.78 is 0.871. The predicted octanol–water partition coefficient (Wildman–Crippen LogP) is 1.90. The van der Waals surface area contributed by atoms with Gasteiger partial charge in [0.15, 0.2) is 0 Å². The number of rotatable bonds is 2. The zero-order valence-electron chi connectivity index (χ0n) is 8.06. The molecular weight excluding hydrogens is 260 g/mol. The number of anilines is 1. The molecule has 2 heterocycles. The van der Waals surface area contributed by atoms with Crippen molar-refractivity contribution in [3.05, 3.63) is 22.9 Å². The molecule has 0 aliphatic carbocycles. The molecule has 1 atom stereocenters. The third-order valence-electron chi connectivity index (χ3n) is 2.56. The summed E-state index contributed by atoms with van der Waals surface area (Å²) in [6, 6.07) is 1.50. The lowest BCUT2D eigenvalue weighted by molar-refractivity contribution is -0.138. The standard InChI is InChI=1S/C10H11BrN2O2/c11-7-4-8(6-12-5-7)13-3-1-2-9(13)10(14)15/h4-6,9H,1-3H2,(H,14,15). The third-order valence-corrected chi connectivity index (χ3v) is 2.99. The van der Waals surface area contributed by atoms with Gasteiger partial charge in [0.25, 0.3) is 0 Å². The lowest BCUT2D eigenvalue weighted by atomic mass is 10.2. The first-order valence-electron chi connectivity index (χ1n) is 4.78. The van der Waals surface area contributed by atoms with E-state index in [-0.39, 0.29) is 0 Å². The van der Waals surface area contributed by atoms with Gasteiger partial charge in [-0.1, -0.05) is 0 Å². The fourth-order valence-corrected chi connectivity index (χ4v) is 2.24. The Balaban J connectivity index is 2.26. The van der Waals surface area contributed by atoms with E-state index in [0.29, 0.717) is 6.42 Å². The topological polar surface area (TPSA) is 53.4 Å². The Morgan fingerprint density at radius 1 is 1.60 bits per heavy atom. The largest absolute Gasteiger partial charge is 0.480 e. The quantitative estimate of drug-likeness (QED) is 0.892. The number of halogens is 1. The van der Waals surface area contributed by atoms with Crippen LogP contribution >= 0.6 is 15.9 Å². The molecule has 0 bridgehead atoms. The van der Waals surface area contributed by atoms with Gasteiger partial charge in [-0.25, -0.2) is 4.79 Å². The van der Waals surface area contributed by atoms with E-state index < -0.39 is 12.0 Å². The molecule has 0 amide bonds. The Hall–Kier alpha value is -1.10. The number of nitrogens with zero attached hydrogens (tertiary/aromatic N) is 2. The van der Waals surface area contributed by atoms with Crippen LogP contribution in [0.4, 0.5) is 5.69 Å². The minimum Gasteiger partial charge on any atom is -0.480 e. The summed E-state index contributed by atoms with van der Waals surface area (Å²) in [5, 5.41) is 9.04. The lowest BCUT2D eigenvalue weighted by Crippen LogP contribution is -2.35. The van der Waals surface area contributed by atoms with E-state index in [0.717, 1.165) is 23.1 Å². The van der Waals surface area contributed by atoms with Crippen molar-refractivity contribution in [2.45, 2.75) is 18.9 Å². The fraction of sp³-hybridized carbons (Fsp3) is 0.400. The first-order valence-corrected chi connectivity index (χ1v) is 5.58. The van der Waals surface area contributed by atoms with Gasteiger partial charge in [0, 0.05) is 17.2 Å². The summed E-state index contributed by atoms with van der Waals surface area (Å²) in [6.07, 6.45) is 5.02. The van der Waals surface area contributed by atoms with E-state index >= 15 is 0 Å². The Bertz CT molecular complexity index is 383. The summed E-state index contributed by atoms with van der Waals surface area (Å²) in [6.45, 7) is 0.787. The molecule has 80 valence electrons. The molecule has 0 radical (unpaired) electrons. The van der Waals surface area contributed by atoms with Crippen LogP contribution in [-0.2, 0) is 4.79 Å². The van der Waals surface area contributed by atoms with Crippen molar-refractivity contribution in [2.24, 2.45) is 0 Å². The summed E-state index contributed by atoms with van der Waals surface area (Å²) in [4.78, 5) is 16.9. The van der Waals surface area contributed by atoms with Crippen molar-refractivity contribution in [3.63, 3.8) is 0 Å². The van der Waals surface area contributed by atoms with Crippen molar-refractivity contribution in [3.8, 4) is 0 Å². The molecule has 1 aromatic rings. The fourth-order valence-electron chi connectivity index (χ4n) is 1.89. The number of carboxylic acids is 1. The van der Waals surface area contributed by atoms with Crippen molar-refractivity contribution >= 4 is 27.6 Å². The van der Waals surface area contributed by atoms with Gasteiger partial charge in [-0.15, -0.1) is 0 Å². The van der Waals surface area contributed by atoms with Gasteiger partial charge in [-0.3, -0.25) is 4.98 Å². The molecule has 1 aromatic heterocycles. The Morgan fingerprint density at radius 3 is 3.07 bits per heavy atom. The molecule has 1 N–H and O–H groups in total. The molecule has 1 aliphatic rings. The van der Waals surface area contributed by atoms with Gasteiger partial charge in [-0.05, 0) is 34.8 Å². The van der Waals surface area contributed by atoms with E-state index in [1.807, 2.05) is 11.0 Å². The van der Waals surface area contributed by atoms with Gasteiger partial charge < -0.3 is 10.0 Å². The average molecular weight is 271 g/mol. The van der Waals surface area contributed by atoms with Crippen molar-refractivity contribution < 1.29 is 9.90 Å². The summed E-state index contributed by atoms with van der Waals surface area (Å²) in [7, 11) is 0. The molecule has 0 saturated carbocycles. The SMILES string of the molecule is O=C(O)C1CCCN1c1cncc(Br)c1. The molecule has 1 aliphatic heterocycles. The molecule has 15 heavy (non-hydrogen) atoms. The minimum atomic E-state index is -0.757. The molecule has 1 unspecified atom stereocenters. The highest BCUT2D eigenvalue weighted by molar-refractivity contribution is 9.10. The van der Waals surface area contributed by atoms with Crippen LogP contribution in [0.2, 0.25) is 0 Å². The van der Waals surface area contributed by atoms with Crippen molar-refractivity contribution in [1.82, 2.24) is 4.98 Å². The highest BCUT2D eigenvalue weighted by atomic mass is 79.9. The maximum atomic E-state index is 11.0. The van der Waals surface area contributed by atoms with Crippen LogP contribution < -0.4 is 4.90 Å². The van der Waals surface area contributed by atoms with Crippen LogP contribution in [0.15, 0.2) is 22.9 Å². The number of carbonyl (C=O) groups is 1. The van der Waals surface area contributed by atoms with Crippen LogP contribution in [0, 0.1) is 0 Å². The van der Waals surface area contributed by atoms with Crippen LogP contribution in [0.1, 0.15) is 12.8 Å². The number of hydrogen-bond acceptors (Lipinski definition) is 3. The molecule has 1 saturated heterocycles.